The van der Waals surface area contributed by atoms with E-state index in [1.807, 2.05) is 17.0 Å². The second kappa shape index (κ2) is 4.67. The Morgan fingerprint density at radius 3 is 2.68 bits per heavy atom. The Labute approximate surface area is 113 Å². The van der Waals surface area contributed by atoms with Crippen LogP contribution in [0, 0.1) is 0 Å². The SMILES string of the molecule is CC(c1cccc2ccccc12)N1CC(N)CC1=O. The average Bonchev–Trinajstić information content (AvgIpc) is 2.76. The minimum Gasteiger partial charge on any atom is -0.334 e. The maximum Gasteiger partial charge on any atom is 0.224 e. The number of carbonyl (C=O) groups is 1. The fraction of sp³-hybridized carbons (Fsp3) is 0.312. The Morgan fingerprint density at radius 2 is 1.95 bits per heavy atom. The standard InChI is InChI=1S/C16H18N2O/c1-11(18-10-13(17)9-16(18)19)14-8-4-6-12-5-2-3-7-15(12)14/h2-8,11,13H,9-10,17H2,1H3. The number of nitrogens with two attached hydrogens (primary N) is 1. The second-order valence-corrected chi connectivity index (χ2v) is 5.25. The third-order valence-corrected chi connectivity index (χ3v) is 3.93. The molecule has 1 aliphatic rings. The summed E-state index contributed by atoms with van der Waals surface area (Å²) in [4.78, 5) is 13.9. The third kappa shape index (κ3) is 2.10. The Morgan fingerprint density at radius 1 is 1.21 bits per heavy atom. The molecule has 19 heavy (non-hydrogen) atoms. The summed E-state index contributed by atoms with van der Waals surface area (Å²) in [6.07, 6.45) is 0.467. The van der Waals surface area contributed by atoms with Gasteiger partial charge in [0.25, 0.3) is 0 Å². The quantitative estimate of drug-likeness (QED) is 0.894. The van der Waals surface area contributed by atoms with Gasteiger partial charge in [0.15, 0.2) is 0 Å². The predicted octanol–water partition coefficient (Wildman–Crippen LogP) is 2.46. The number of nitrogens with zero attached hydrogens (tertiary/aromatic N) is 1. The van der Waals surface area contributed by atoms with Crippen LogP contribution in [0.15, 0.2) is 42.5 Å². The fourth-order valence-electron chi connectivity index (χ4n) is 2.92. The van der Waals surface area contributed by atoms with E-state index >= 15 is 0 Å². The van der Waals surface area contributed by atoms with Crippen LogP contribution in [-0.2, 0) is 4.79 Å². The lowest BCUT2D eigenvalue weighted by atomic mass is 9.99. The summed E-state index contributed by atoms with van der Waals surface area (Å²) < 4.78 is 0. The van der Waals surface area contributed by atoms with Gasteiger partial charge in [-0.25, -0.2) is 0 Å². The van der Waals surface area contributed by atoms with E-state index in [4.69, 9.17) is 5.73 Å². The van der Waals surface area contributed by atoms with Crippen molar-refractivity contribution in [3.05, 3.63) is 48.0 Å². The Bertz CT molecular complexity index is 618. The van der Waals surface area contributed by atoms with Gasteiger partial charge in [0.05, 0.1) is 6.04 Å². The summed E-state index contributed by atoms with van der Waals surface area (Å²) in [7, 11) is 0. The van der Waals surface area contributed by atoms with E-state index in [0.29, 0.717) is 13.0 Å². The number of rotatable bonds is 2. The van der Waals surface area contributed by atoms with Crippen molar-refractivity contribution in [3.63, 3.8) is 0 Å². The van der Waals surface area contributed by atoms with Crippen LogP contribution >= 0.6 is 0 Å². The first-order valence-electron chi connectivity index (χ1n) is 6.69. The molecule has 2 N–H and O–H groups in total. The number of hydrogen-bond acceptors (Lipinski definition) is 2. The smallest absolute Gasteiger partial charge is 0.224 e. The molecule has 3 rings (SSSR count). The number of carbonyl (C=O) groups excluding carboxylic acids is 1. The summed E-state index contributed by atoms with van der Waals surface area (Å²) in [6.45, 7) is 2.74. The van der Waals surface area contributed by atoms with Crippen LogP contribution in [0.25, 0.3) is 10.8 Å². The minimum absolute atomic E-state index is 0.0232. The van der Waals surface area contributed by atoms with Gasteiger partial charge in [0.2, 0.25) is 5.91 Å². The second-order valence-electron chi connectivity index (χ2n) is 5.25. The molecule has 0 radical (unpaired) electrons. The van der Waals surface area contributed by atoms with Gasteiger partial charge in [-0.15, -0.1) is 0 Å². The molecule has 0 aromatic heterocycles. The molecular formula is C16H18N2O. The first-order valence-corrected chi connectivity index (χ1v) is 6.69. The van der Waals surface area contributed by atoms with Gasteiger partial charge in [0, 0.05) is 19.0 Å². The molecule has 2 aromatic rings. The van der Waals surface area contributed by atoms with Gasteiger partial charge in [-0.05, 0) is 23.3 Å². The first kappa shape index (κ1) is 12.2. The summed E-state index contributed by atoms with van der Waals surface area (Å²) >= 11 is 0. The highest BCUT2D eigenvalue weighted by Gasteiger charge is 2.31. The zero-order chi connectivity index (χ0) is 13.4. The number of hydrogen-bond donors (Lipinski definition) is 1. The van der Waals surface area contributed by atoms with Crippen molar-refractivity contribution < 1.29 is 4.79 Å². The van der Waals surface area contributed by atoms with Gasteiger partial charge < -0.3 is 10.6 Å². The zero-order valence-electron chi connectivity index (χ0n) is 11.0. The molecule has 3 heteroatoms. The molecule has 3 nitrogen and oxygen atoms in total. The molecule has 0 spiro atoms. The van der Waals surface area contributed by atoms with Gasteiger partial charge >= 0.3 is 0 Å². The number of benzene rings is 2. The predicted molar refractivity (Wildman–Crippen MR) is 76.7 cm³/mol. The molecule has 1 heterocycles. The largest absolute Gasteiger partial charge is 0.334 e. The number of likely N-dealkylation sites (tertiary alicyclic amines) is 1. The Hall–Kier alpha value is -1.87. The van der Waals surface area contributed by atoms with Crippen LogP contribution in [-0.4, -0.2) is 23.4 Å². The van der Waals surface area contributed by atoms with Crippen molar-refractivity contribution in [1.82, 2.24) is 4.90 Å². The maximum absolute atomic E-state index is 12.0. The van der Waals surface area contributed by atoms with Gasteiger partial charge in [-0.3, -0.25) is 4.79 Å². The van der Waals surface area contributed by atoms with E-state index in [-0.39, 0.29) is 18.0 Å². The minimum atomic E-state index is -0.0232. The van der Waals surface area contributed by atoms with E-state index in [2.05, 4.69) is 37.3 Å². The molecule has 2 unspecified atom stereocenters. The van der Waals surface area contributed by atoms with Crippen LogP contribution in [0.1, 0.15) is 24.9 Å². The molecule has 1 aliphatic heterocycles. The van der Waals surface area contributed by atoms with Gasteiger partial charge in [0.1, 0.15) is 0 Å². The summed E-state index contributed by atoms with van der Waals surface area (Å²) in [6, 6.07) is 14.6. The molecule has 2 atom stereocenters. The molecule has 1 fully saturated rings. The van der Waals surface area contributed by atoms with Crippen LogP contribution in [0.4, 0.5) is 0 Å². The average molecular weight is 254 g/mol. The van der Waals surface area contributed by atoms with E-state index in [9.17, 15) is 4.79 Å². The summed E-state index contributed by atoms with van der Waals surface area (Å²) in [5.74, 6) is 0.160. The van der Waals surface area contributed by atoms with Crippen molar-refractivity contribution in [2.45, 2.75) is 25.4 Å². The molecule has 0 bridgehead atoms. The summed E-state index contributed by atoms with van der Waals surface area (Å²) in [5.41, 5.74) is 7.08. The molecule has 0 saturated carbocycles. The van der Waals surface area contributed by atoms with Gasteiger partial charge in [-0.1, -0.05) is 42.5 Å². The van der Waals surface area contributed by atoms with E-state index in [1.165, 1.54) is 16.3 Å². The van der Waals surface area contributed by atoms with Crippen molar-refractivity contribution in [1.29, 1.82) is 0 Å². The van der Waals surface area contributed by atoms with Crippen molar-refractivity contribution in [3.8, 4) is 0 Å². The number of fused-ring (bicyclic) bond motifs is 1. The molecule has 0 aliphatic carbocycles. The van der Waals surface area contributed by atoms with Crippen LogP contribution in [0.2, 0.25) is 0 Å². The molecule has 1 saturated heterocycles. The molecule has 98 valence electrons. The lowest BCUT2D eigenvalue weighted by molar-refractivity contribution is -0.129. The highest BCUT2D eigenvalue weighted by molar-refractivity contribution is 5.87. The first-order chi connectivity index (χ1) is 9.16. The normalized spacial score (nSPS) is 21.1. The van der Waals surface area contributed by atoms with Crippen molar-refractivity contribution in [2.24, 2.45) is 5.73 Å². The third-order valence-electron chi connectivity index (χ3n) is 3.93. The lowest BCUT2D eigenvalue weighted by Crippen LogP contribution is -2.30. The highest BCUT2D eigenvalue weighted by Crippen LogP contribution is 2.30. The lowest BCUT2D eigenvalue weighted by Gasteiger charge is -2.26. The fourth-order valence-corrected chi connectivity index (χ4v) is 2.92. The van der Waals surface area contributed by atoms with E-state index in [0.717, 1.165) is 0 Å². The van der Waals surface area contributed by atoms with Crippen LogP contribution in [0.3, 0.4) is 0 Å². The van der Waals surface area contributed by atoms with Gasteiger partial charge in [-0.2, -0.15) is 0 Å². The Balaban J connectivity index is 2.02. The van der Waals surface area contributed by atoms with Crippen molar-refractivity contribution in [2.75, 3.05) is 6.54 Å². The topological polar surface area (TPSA) is 46.3 Å². The van der Waals surface area contributed by atoms with Crippen LogP contribution < -0.4 is 5.73 Å². The summed E-state index contributed by atoms with van der Waals surface area (Å²) in [5, 5.41) is 2.42. The maximum atomic E-state index is 12.0. The van der Waals surface area contributed by atoms with E-state index < -0.39 is 0 Å². The molecular weight excluding hydrogens is 236 g/mol. The molecule has 1 amide bonds. The van der Waals surface area contributed by atoms with Crippen LogP contribution in [0.5, 0.6) is 0 Å². The zero-order valence-corrected chi connectivity index (χ0v) is 11.0. The van der Waals surface area contributed by atoms with Crippen molar-refractivity contribution >= 4 is 16.7 Å². The monoisotopic (exact) mass is 254 g/mol. The Kier molecular flexibility index (Phi) is 2.99. The van der Waals surface area contributed by atoms with E-state index in [1.54, 1.807) is 0 Å². The molecule has 2 aromatic carbocycles. The number of amides is 1. The highest BCUT2D eigenvalue weighted by atomic mass is 16.2.